The summed E-state index contributed by atoms with van der Waals surface area (Å²) in [7, 11) is 1.68. The van der Waals surface area contributed by atoms with Crippen molar-refractivity contribution in [2.45, 2.75) is 20.4 Å². The fraction of sp³-hybridized carbons (Fsp3) is 0.200. The quantitative estimate of drug-likeness (QED) is 0.697. The second kappa shape index (κ2) is 7.66. The second-order valence-corrected chi connectivity index (χ2v) is 5.90. The molecule has 2 N–H and O–H groups in total. The van der Waals surface area contributed by atoms with Crippen molar-refractivity contribution in [3.63, 3.8) is 0 Å². The minimum atomic E-state index is 0.629. The Morgan fingerprint density at radius 2 is 1.76 bits per heavy atom. The summed E-state index contributed by atoms with van der Waals surface area (Å²) >= 11 is 0. The minimum Gasteiger partial charge on any atom is -0.496 e. The first-order valence-electron chi connectivity index (χ1n) is 8.18. The Bertz CT molecular complexity index is 864. The molecule has 0 amide bonds. The Hall–Kier alpha value is -3.08. The third kappa shape index (κ3) is 4.26. The fourth-order valence-electron chi connectivity index (χ4n) is 2.65. The molecule has 0 spiro atoms. The van der Waals surface area contributed by atoms with Crippen molar-refractivity contribution in [2.75, 3.05) is 17.7 Å². The summed E-state index contributed by atoms with van der Waals surface area (Å²) in [5.41, 5.74) is 4.54. The molecule has 0 atom stereocenters. The Morgan fingerprint density at radius 1 is 0.960 bits per heavy atom. The summed E-state index contributed by atoms with van der Waals surface area (Å²) in [6, 6.07) is 16.1. The highest BCUT2D eigenvalue weighted by atomic mass is 16.5. The molecule has 5 heteroatoms. The summed E-state index contributed by atoms with van der Waals surface area (Å²) in [5, 5.41) is 6.66. The lowest BCUT2D eigenvalue weighted by atomic mass is 10.1. The van der Waals surface area contributed by atoms with Crippen LogP contribution in [-0.4, -0.2) is 17.1 Å². The van der Waals surface area contributed by atoms with E-state index < -0.39 is 0 Å². The summed E-state index contributed by atoms with van der Waals surface area (Å²) in [6.07, 6.45) is 1.55. The van der Waals surface area contributed by atoms with Crippen molar-refractivity contribution in [3.8, 4) is 5.75 Å². The van der Waals surface area contributed by atoms with Crippen molar-refractivity contribution in [3.05, 3.63) is 71.5 Å². The number of hydrogen-bond acceptors (Lipinski definition) is 5. The van der Waals surface area contributed by atoms with E-state index in [0.29, 0.717) is 6.54 Å². The molecule has 0 saturated heterocycles. The van der Waals surface area contributed by atoms with Crippen LogP contribution in [0.15, 0.2) is 54.9 Å². The maximum Gasteiger partial charge on any atom is 0.135 e. The largest absolute Gasteiger partial charge is 0.496 e. The van der Waals surface area contributed by atoms with Gasteiger partial charge in [0.2, 0.25) is 0 Å². The molecule has 5 nitrogen and oxygen atoms in total. The molecule has 0 aliphatic heterocycles. The van der Waals surface area contributed by atoms with Gasteiger partial charge >= 0.3 is 0 Å². The summed E-state index contributed by atoms with van der Waals surface area (Å²) in [6.45, 7) is 4.79. The van der Waals surface area contributed by atoms with Gasteiger partial charge in [0.05, 0.1) is 7.11 Å². The molecule has 2 aromatic carbocycles. The van der Waals surface area contributed by atoms with Gasteiger partial charge in [0, 0.05) is 23.9 Å². The molecule has 25 heavy (non-hydrogen) atoms. The first kappa shape index (κ1) is 16.8. The lowest BCUT2D eigenvalue weighted by Crippen LogP contribution is -2.04. The molecule has 1 aromatic heterocycles. The number of ether oxygens (including phenoxy) is 1. The molecule has 0 fully saturated rings. The number of para-hydroxylation sites is 1. The first-order chi connectivity index (χ1) is 12.2. The van der Waals surface area contributed by atoms with Gasteiger partial charge in [0.1, 0.15) is 23.7 Å². The van der Waals surface area contributed by atoms with Crippen LogP contribution in [0.1, 0.15) is 16.7 Å². The highest BCUT2D eigenvalue weighted by Gasteiger charge is 2.04. The number of anilines is 3. The molecule has 0 saturated carbocycles. The maximum absolute atomic E-state index is 5.37. The highest BCUT2D eigenvalue weighted by molar-refractivity contribution is 5.62. The van der Waals surface area contributed by atoms with Crippen LogP contribution in [0.25, 0.3) is 0 Å². The van der Waals surface area contributed by atoms with Gasteiger partial charge in [-0.25, -0.2) is 9.97 Å². The zero-order chi connectivity index (χ0) is 17.6. The summed E-state index contributed by atoms with van der Waals surface area (Å²) in [4.78, 5) is 8.59. The number of benzene rings is 2. The van der Waals surface area contributed by atoms with E-state index in [2.05, 4.69) is 52.6 Å². The normalized spacial score (nSPS) is 10.4. The van der Waals surface area contributed by atoms with Crippen LogP contribution < -0.4 is 15.4 Å². The van der Waals surface area contributed by atoms with Crippen LogP contribution in [0.5, 0.6) is 5.75 Å². The molecule has 3 rings (SSSR count). The molecule has 0 aliphatic rings. The monoisotopic (exact) mass is 334 g/mol. The number of aryl methyl sites for hydroxylation is 2. The van der Waals surface area contributed by atoms with Gasteiger partial charge in [-0.15, -0.1) is 0 Å². The average Bonchev–Trinajstić information content (AvgIpc) is 2.63. The lowest BCUT2D eigenvalue weighted by Gasteiger charge is -2.12. The molecule has 1 heterocycles. The number of nitrogens with zero attached hydrogens (tertiary/aromatic N) is 2. The molecule has 0 unspecified atom stereocenters. The van der Waals surface area contributed by atoms with Crippen molar-refractivity contribution < 1.29 is 4.74 Å². The van der Waals surface area contributed by atoms with Crippen LogP contribution in [0, 0.1) is 13.8 Å². The SMILES string of the molecule is COc1ccccc1CNc1cc(Nc2ccc(C)cc2C)ncn1. The van der Waals surface area contributed by atoms with Crippen molar-refractivity contribution in [1.82, 2.24) is 9.97 Å². The number of methoxy groups -OCH3 is 1. The molecule has 0 radical (unpaired) electrons. The smallest absolute Gasteiger partial charge is 0.135 e. The van der Waals surface area contributed by atoms with E-state index in [1.165, 1.54) is 11.1 Å². The van der Waals surface area contributed by atoms with E-state index in [4.69, 9.17) is 4.74 Å². The highest BCUT2D eigenvalue weighted by Crippen LogP contribution is 2.22. The molecule has 0 bridgehead atoms. The van der Waals surface area contributed by atoms with Gasteiger partial charge in [-0.05, 0) is 31.5 Å². The molecule has 0 aliphatic carbocycles. The Morgan fingerprint density at radius 3 is 2.56 bits per heavy atom. The topological polar surface area (TPSA) is 59.1 Å². The van der Waals surface area contributed by atoms with Crippen molar-refractivity contribution in [2.24, 2.45) is 0 Å². The zero-order valence-electron chi connectivity index (χ0n) is 14.7. The van der Waals surface area contributed by atoms with Crippen LogP contribution in [0.2, 0.25) is 0 Å². The number of nitrogens with one attached hydrogen (secondary N) is 2. The third-order valence-electron chi connectivity index (χ3n) is 3.96. The standard InChI is InChI=1S/C20H22N4O/c1-14-8-9-17(15(2)10-14)24-20-11-19(22-13-23-20)21-12-16-6-4-5-7-18(16)25-3/h4-11,13H,12H2,1-3H3,(H2,21,22,23,24). The number of hydrogen-bond donors (Lipinski definition) is 2. The van der Waals surface area contributed by atoms with Crippen molar-refractivity contribution >= 4 is 17.3 Å². The number of aromatic nitrogens is 2. The maximum atomic E-state index is 5.37. The van der Waals surface area contributed by atoms with Gasteiger partial charge in [-0.2, -0.15) is 0 Å². The van der Waals surface area contributed by atoms with Crippen molar-refractivity contribution in [1.29, 1.82) is 0 Å². The molecular weight excluding hydrogens is 312 g/mol. The first-order valence-corrected chi connectivity index (χ1v) is 8.18. The molecule has 128 valence electrons. The predicted molar refractivity (Wildman–Crippen MR) is 102 cm³/mol. The van der Waals surface area contributed by atoms with Gasteiger partial charge < -0.3 is 15.4 Å². The van der Waals surface area contributed by atoms with E-state index >= 15 is 0 Å². The van der Waals surface area contributed by atoms with E-state index in [1.54, 1.807) is 13.4 Å². The van der Waals surface area contributed by atoms with Crippen LogP contribution in [-0.2, 0) is 6.54 Å². The zero-order valence-corrected chi connectivity index (χ0v) is 14.7. The predicted octanol–water partition coefficient (Wildman–Crippen LogP) is 4.46. The van der Waals surface area contributed by atoms with Gasteiger partial charge in [-0.3, -0.25) is 0 Å². The lowest BCUT2D eigenvalue weighted by molar-refractivity contribution is 0.410. The van der Waals surface area contributed by atoms with Crippen LogP contribution in [0.4, 0.5) is 17.3 Å². The van der Waals surface area contributed by atoms with Crippen LogP contribution >= 0.6 is 0 Å². The van der Waals surface area contributed by atoms with E-state index in [-0.39, 0.29) is 0 Å². The van der Waals surface area contributed by atoms with Gasteiger partial charge in [-0.1, -0.05) is 35.9 Å². The average molecular weight is 334 g/mol. The Balaban J connectivity index is 1.71. The van der Waals surface area contributed by atoms with E-state index in [1.807, 2.05) is 30.3 Å². The van der Waals surface area contributed by atoms with Crippen LogP contribution in [0.3, 0.4) is 0 Å². The second-order valence-electron chi connectivity index (χ2n) is 5.90. The summed E-state index contributed by atoms with van der Waals surface area (Å²) in [5.74, 6) is 2.37. The third-order valence-corrected chi connectivity index (χ3v) is 3.96. The minimum absolute atomic E-state index is 0.629. The molecule has 3 aromatic rings. The van der Waals surface area contributed by atoms with Gasteiger partial charge in [0.15, 0.2) is 0 Å². The number of rotatable bonds is 6. The van der Waals surface area contributed by atoms with Gasteiger partial charge in [0.25, 0.3) is 0 Å². The Kier molecular flexibility index (Phi) is 5.14. The fourth-order valence-corrected chi connectivity index (χ4v) is 2.65. The van der Waals surface area contributed by atoms with E-state index in [9.17, 15) is 0 Å². The summed E-state index contributed by atoms with van der Waals surface area (Å²) < 4.78 is 5.37. The molecular formula is C20H22N4O. The van der Waals surface area contributed by atoms with E-state index in [0.717, 1.165) is 28.6 Å². The Labute approximate surface area is 148 Å².